The first-order chi connectivity index (χ1) is 10.1. The summed E-state index contributed by atoms with van der Waals surface area (Å²) < 4.78 is 4.70. The average molecular weight is 290 g/mol. The van der Waals surface area contributed by atoms with Crippen LogP contribution in [-0.2, 0) is 27.3 Å². The molecule has 21 heavy (non-hydrogen) atoms. The van der Waals surface area contributed by atoms with Gasteiger partial charge >= 0.3 is 5.97 Å². The molecule has 0 aromatic heterocycles. The highest BCUT2D eigenvalue weighted by molar-refractivity contribution is 5.81. The summed E-state index contributed by atoms with van der Waals surface area (Å²) in [5.74, 6) is -0.232. The van der Waals surface area contributed by atoms with E-state index in [2.05, 4.69) is 10.6 Å². The zero-order valence-corrected chi connectivity index (χ0v) is 12.5. The third-order valence-corrected chi connectivity index (χ3v) is 3.60. The first-order valence-electron chi connectivity index (χ1n) is 7.27. The lowest BCUT2D eigenvalue weighted by molar-refractivity contribution is -0.139. The van der Waals surface area contributed by atoms with Crippen molar-refractivity contribution >= 4 is 11.9 Å². The van der Waals surface area contributed by atoms with Crippen molar-refractivity contribution < 1.29 is 14.3 Å². The summed E-state index contributed by atoms with van der Waals surface area (Å²) in [5, 5.41) is 6.17. The van der Waals surface area contributed by atoms with Gasteiger partial charge in [0, 0.05) is 12.6 Å². The van der Waals surface area contributed by atoms with Gasteiger partial charge in [0.05, 0.1) is 19.6 Å². The Morgan fingerprint density at radius 3 is 2.57 bits per heavy atom. The zero-order chi connectivity index (χ0) is 15.2. The van der Waals surface area contributed by atoms with Crippen LogP contribution in [0.2, 0.25) is 0 Å². The number of esters is 1. The van der Waals surface area contributed by atoms with Crippen molar-refractivity contribution in [3.05, 3.63) is 35.4 Å². The van der Waals surface area contributed by atoms with Gasteiger partial charge in [0.1, 0.15) is 0 Å². The fourth-order valence-electron chi connectivity index (χ4n) is 2.04. The highest BCUT2D eigenvalue weighted by Gasteiger charge is 2.25. The quantitative estimate of drug-likeness (QED) is 0.740. The van der Waals surface area contributed by atoms with Gasteiger partial charge in [0.25, 0.3) is 0 Å². The number of benzene rings is 1. The highest BCUT2D eigenvalue weighted by Crippen LogP contribution is 2.18. The molecule has 5 heteroatoms. The van der Waals surface area contributed by atoms with E-state index in [9.17, 15) is 9.59 Å². The number of methoxy groups -OCH3 is 1. The van der Waals surface area contributed by atoms with Crippen LogP contribution in [0.15, 0.2) is 24.3 Å². The third-order valence-electron chi connectivity index (χ3n) is 3.60. The van der Waals surface area contributed by atoms with Crippen molar-refractivity contribution in [3.8, 4) is 0 Å². The Hall–Kier alpha value is -1.88. The van der Waals surface area contributed by atoms with Gasteiger partial charge < -0.3 is 15.4 Å². The molecule has 114 valence electrons. The maximum absolute atomic E-state index is 11.9. The van der Waals surface area contributed by atoms with Gasteiger partial charge in [-0.1, -0.05) is 24.3 Å². The van der Waals surface area contributed by atoms with Crippen molar-refractivity contribution in [2.45, 2.75) is 44.8 Å². The Labute approximate surface area is 125 Å². The predicted octanol–water partition coefficient (Wildman–Crippen LogP) is 1.16. The molecule has 0 saturated heterocycles. The molecule has 0 heterocycles. The van der Waals surface area contributed by atoms with Crippen molar-refractivity contribution in [3.63, 3.8) is 0 Å². The van der Waals surface area contributed by atoms with Crippen LogP contribution in [0.25, 0.3) is 0 Å². The van der Waals surface area contributed by atoms with Crippen LogP contribution in [0.5, 0.6) is 0 Å². The lowest BCUT2D eigenvalue weighted by atomic mass is 10.0. The summed E-state index contributed by atoms with van der Waals surface area (Å²) in [6.07, 6.45) is 2.41. The van der Waals surface area contributed by atoms with Gasteiger partial charge in [-0.15, -0.1) is 0 Å². The Kier molecular flexibility index (Phi) is 5.33. The maximum Gasteiger partial charge on any atom is 0.309 e. The number of carbonyl (C=O) groups excluding carboxylic acids is 2. The molecule has 1 amide bonds. The summed E-state index contributed by atoms with van der Waals surface area (Å²) in [6, 6.07) is 7.79. The van der Waals surface area contributed by atoms with Crippen molar-refractivity contribution in [2.75, 3.05) is 7.11 Å². The maximum atomic E-state index is 11.9. The van der Waals surface area contributed by atoms with Crippen LogP contribution >= 0.6 is 0 Å². The minimum atomic E-state index is -0.262. The third kappa shape index (κ3) is 4.86. The van der Waals surface area contributed by atoms with Gasteiger partial charge in [-0.25, -0.2) is 0 Å². The summed E-state index contributed by atoms with van der Waals surface area (Å²) in [5.41, 5.74) is 1.93. The largest absolute Gasteiger partial charge is 0.469 e. The van der Waals surface area contributed by atoms with E-state index in [0.29, 0.717) is 12.6 Å². The lowest BCUT2D eigenvalue weighted by Gasteiger charge is -2.15. The van der Waals surface area contributed by atoms with Gasteiger partial charge in [-0.2, -0.15) is 0 Å². The van der Waals surface area contributed by atoms with Crippen LogP contribution < -0.4 is 10.6 Å². The second-order valence-corrected chi connectivity index (χ2v) is 5.41. The standard InChI is InChI=1S/C16H22N2O3/c1-11(16(20)18-14-7-8-14)17-10-13-6-4-3-5-12(13)9-15(19)21-2/h3-6,11,14,17H,7-10H2,1-2H3,(H,18,20). The Balaban J connectivity index is 1.89. The molecule has 0 radical (unpaired) electrons. The molecule has 0 spiro atoms. The van der Waals surface area contributed by atoms with Crippen molar-refractivity contribution in [1.29, 1.82) is 0 Å². The first kappa shape index (κ1) is 15.5. The number of ether oxygens (including phenoxy) is 1. The molecule has 1 aromatic carbocycles. The van der Waals surface area contributed by atoms with E-state index in [-0.39, 0.29) is 24.3 Å². The van der Waals surface area contributed by atoms with Crippen LogP contribution in [0, 0.1) is 0 Å². The Morgan fingerprint density at radius 1 is 1.29 bits per heavy atom. The summed E-state index contributed by atoms with van der Waals surface area (Å²) in [6.45, 7) is 2.40. The highest BCUT2D eigenvalue weighted by atomic mass is 16.5. The van der Waals surface area contributed by atoms with Crippen LogP contribution in [0.4, 0.5) is 0 Å². The minimum Gasteiger partial charge on any atom is -0.469 e. The fraction of sp³-hybridized carbons (Fsp3) is 0.500. The topological polar surface area (TPSA) is 67.4 Å². The number of hydrogen-bond donors (Lipinski definition) is 2. The minimum absolute atomic E-state index is 0.0305. The zero-order valence-electron chi connectivity index (χ0n) is 12.5. The number of rotatable bonds is 7. The van der Waals surface area contributed by atoms with E-state index in [0.717, 1.165) is 24.0 Å². The molecule has 0 aliphatic heterocycles. The van der Waals surface area contributed by atoms with Crippen molar-refractivity contribution in [2.24, 2.45) is 0 Å². The number of carbonyl (C=O) groups is 2. The molecule has 1 unspecified atom stereocenters. The van der Waals surface area contributed by atoms with Crippen LogP contribution in [-0.4, -0.2) is 31.1 Å². The van der Waals surface area contributed by atoms with Gasteiger partial charge in [-0.05, 0) is 30.9 Å². The SMILES string of the molecule is COC(=O)Cc1ccccc1CNC(C)C(=O)NC1CC1. The van der Waals surface area contributed by atoms with E-state index >= 15 is 0 Å². The molecule has 0 bridgehead atoms. The van der Waals surface area contributed by atoms with Crippen LogP contribution in [0.3, 0.4) is 0 Å². The number of nitrogens with one attached hydrogen (secondary N) is 2. The van der Waals surface area contributed by atoms with E-state index in [1.807, 2.05) is 31.2 Å². The summed E-state index contributed by atoms with van der Waals surface area (Å²) >= 11 is 0. The summed E-state index contributed by atoms with van der Waals surface area (Å²) in [4.78, 5) is 23.3. The molecule has 1 saturated carbocycles. The molecular weight excluding hydrogens is 268 g/mol. The second kappa shape index (κ2) is 7.22. The molecular formula is C16H22N2O3. The second-order valence-electron chi connectivity index (χ2n) is 5.41. The molecule has 1 atom stereocenters. The average Bonchev–Trinajstić information content (AvgIpc) is 3.29. The number of amides is 1. The Bertz CT molecular complexity index is 512. The van der Waals surface area contributed by atoms with Gasteiger partial charge in [-0.3, -0.25) is 9.59 Å². The monoisotopic (exact) mass is 290 g/mol. The predicted molar refractivity (Wildman–Crippen MR) is 79.6 cm³/mol. The summed E-state index contributed by atoms with van der Waals surface area (Å²) in [7, 11) is 1.38. The molecule has 1 aliphatic carbocycles. The molecule has 2 N–H and O–H groups in total. The Morgan fingerprint density at radius 2 is 1.95 bits per heavy atom. The van der Waals surface area contributed by atoms with E-state index in [1.54, 1.807) is 0 Å². The lowest BCUT2D eigenvalue weighted by Crippen LogP contribution is -2.42. The molecule has 1 aliphatic rings. The number of hydrogen-bond acceptors (Lipinski definition) is 4. The van der Waals surface area contributed by atoms with E-state index in [4.69, 9.17) is 4.74 Å². The molecule has 2 rings (SSSR count). The van der Waals surface area contributed by atoms with E-state index in [1.165, 1.54) is 7.11 Å². The van der Waals surface area contributed by atoms with Gasteiger partial charge in [0.2, 0.25) is 5.91 Å². The van der Waals surface area contributed by atoms with Crippen LogP contribution in [0.1, 0.15) is 30.9 Å². The van der Waals surface area contributed by atoms with Gasteiger partial charge in [0.15, 0.2) is 0 Å². The smallest absolute Gasteiger partial charge is 0.309 e. The molecule has 1 fully saturated rings. The fourth-order valence-corrected chi connectivity index (χ4v) is 2.04. The molecule has 1 aromatic rings. The first-order valence-corrected chi connectivity index (χ1v) is 7.27. The molecule has 5 nitrogen and oxygen atoms in total. The normalized spacial score (nSPS) is 15.3. The van der Waals surface area contributed by atoms with E-state index < -0.39 is 0 Å². The van der Waals surface area contributed by atoms with Crippen molar-refractivity contribution in [1.82, 2.24) is 10.6 Å².